The number of rotatable bonds is 8. The summed E-state index contributed by atoms with van der Waals surface area (Å²) in [4.78, 5) is 19.4. The van der Waals surface area contributed by atoms with Crippen LogP contribution in [0.3, 0.4) is 0 Å². The molecule has 0 saturated carbocycles. The minimum Gasteiger partial charge on any atom is -0.493 e. The van der Waals surface area contributed by atoms with Crippen molar-refractivity contribution in [1.29, 1.82) is 0 Å². The van der Waals surface area contributed by atoms with Crippen molar-refractivity contribution in [3.63, 3.8) is 0 Å². The number of hydrogen-bond donors (Lipinski definition) is 1. The molecule has 32 heavy (non-hydrogen) atoms. The molecule has 8 heteroatoms. The number of piperidine rings is 1. The summed E-state index contributed by atoms with van der Waals surface area (Å²) in [7, 11) is 3.18. The van der Waals surface area contributed by atoms with Gasteiger partial charge in [0.05, 0.1) is 26.7 Å². The summed E-state index contributed by atoms with van der Waals surface area (Å²) in [5.74, 6) is 2.33. The lowest BCUT2D eigenvalue weighted by atomic mass is 9.97. The Morgan fingerprint density at radius 2 is 1.97 bits per heavy atom. The second-order valence-corrected chi connectivity index (χ2v) is 7.86. The van der Waals surface area contributed by atoms with E-state index in [4.69, 9.17) is 14.0 Å². The van der Waals surface area contributed by atoms with Crippen LogP contribution in [-0.4, -0.2) is 48.3 Å². The third kappa shape index (κ3) is 5.26. The van der Waals surface area contributed by atoms with Crippen LogP contribution in [0.25, 0.3) is 11.4 Å². The maximum Gasteiger partial charge on any atom is 0.241 e. The summed E-state index contributed by atoms with van der Waals surface area (Å²) in [6.07, 6.45) is 1.85. The maximum absolute atomic E-state index is 12.7. The van der Waals surface area contributed by atoms with Crippen molar-refractivity contribution in [3.05, 3.63) is 60.0 Å². The van der Waals surface area contributed by atoms with E-state index >= 15 is 0 Å². The van der Waals surface area contributed by atoms with E-state index in [0.717, 1.165) is 30.5 Å². The van der Waals surface area contributed by atoms with Crippen LogP contribution in [0.1, 0.15) is 24.3 Å². The number of methoxy groups -OCH3 is 2. The number of nitrogens with zero attached hydrogens (tertiary/aromatic N) is 3. The SMILES string of the molecule is COc1ccc(-c2noc(CN3CCCC(C(=O)NCc4ccccc4)C3)n2)cc1OC. The number of hydrogen-bond acceptors (Lipinski definition) is 7. The third-order valence-corrected chi connectivity index (χ3v) is 5.65. The van der Waals surface area contributed by atoms with Gasteiger partial charge in [0.1, 0.15) is 0 Å². The van der Waals surface area contributed by atoms with Crippen molar-refractivity contribution in [2.24, 2.45) is 5.92 Å². The van der Waals surface area contributed by atoms with Crippen molar-refractivity contribution >= 4 is 5.91 Å². The molecule has 1 aliphatic rings. The first-order valence-electron chi connectivity index (χ1n) is 10.7. The van der Waals surface area contributed by atoms with Gasteiger partial charge in [0, 0.05) is 18.7 Å². The van der Waals surface area contributed by atoms with Crippen molar-refractivity contribution in [2.45, 2.75) is 25.9 Å². The molecule has 1 saturated heterocycles. The maximum atomic E-state index is 12.7. The zero-order valence-electron chi connectivity index (χ0n) is 18.4. The normalized spacial score (nSPS) is 16.5. The number of amides is 1. The first-order chi connectivity index (χ1) is 15.7. The highest BCUT2D eigenvalue weighted by Gasteiger charge is 2.27. The molecule has 168 valence electrons. The number of benzene rings is 2. The van der Waals surface area contributed by atoms with Crippen LogP contribution in [0.15, 0.2) is 53.1 Å². The van der Waals surface area contributed by atoms with Gasteiger partial charge in [-0.15, -0.1) is 0 Å². The molecule has 2 heterocycles. The summed E-state index contributed by atoms with van der Waals surface area (Å²) in [5, 5.41) is 7.17. The summed E-state index contributed by atoms with van der Waals surface area (Å²) >= 11 is 0. The molecular formula is C24H28N4O4. The molecule has 3 aromatic rings. The predicted octanol–water partition coefficient (Wildman–Crippen LogP) is 3.28. The van der Waals surface area contributed by atoms with Gasteiger partial charge in [-0.3, -0.25) is 9.69 Å². The quantitative estimate of drug-likeness (QED) is 0.580. The molecule has 0 spiro atoms. The molecule has 1 aromatic heterocycles. The minimum absolute atomic E-state index is 0.0410. The monoisotopic (exact) mass is 436 g/mol. The molecular weight excluding hydrogens is 408 g/mol. The first kappa shape index (κ1) is 21.8. The summed E-state index contributed by atoms with van der Waals surface area (Å²) < 4.78 is 16.1. The largest absolute Gasteiger partial charge is 0.493 e. The van der Waals surface area contributed by atoms with Crippen LogP contribution in [-0.2, 0) is 17.9 Å². The molecule has 1 atom stereocenters. The highest BCUT2D eigenvalue weighted by atomic mass is 16.5. The zero-order valence-corrected chi connectivity index (χ0v) is 18.4. The first-order valence-corrected chi connectivity index (χ1v) is 10.7. The average molecular weight is 437 g/mol. The van der Waals surface area contributed by atoms with E-state index in [1.165, 1.54) is 0 Å². The zero-order chi connectivity index (χ0) is 22.3. The Kier molecular flexibility index (Phi) is 7.01. The molecule has 0 bridgehead atoms. The molecule has 1 amide bonds. The fourth-order valence-electron chi connectivity index (χ4n) is 3.95. The Hall–Kier alpha value is -3.39. The predicted molar refractivity (Wildman–Crippen MR) is 119 cm³/mol. The molecule has 1 fully saturated rings. The second kappa shape index (κ2) is 10.3. The Bertz CT molecular complexity index is 1040. The standard InChI is InChI=1S/C24H28N4O4/c1-30-20-11-10-18(13-21(20)31-2)23-26-22(32-27-23)16-28-12-6-9-19(15-28)24(29)25-14-17-7-4-3-5-8-17/h3-5,7-8,10-11,13,19H,6,9,12,14-16H2,1-2H3,(H,25,29). The van der Waals surface area contributed by atoms with Crippen molar-refractivity contribution in [3.8, 4) is 22.9 Å². The Morgan fingerprint density at radius 3 is 2.75 bits per heavy atom. The minimum atomic E-state index is -0.0410. The molecule has 0 aliphatic carbocycles. The van der Waals surface area contributed by atoms with Gasteiger partial charge < -0.3 is 19.3 Å². The summed E-state index contributed by atoms with van der Waals surface area (Å²) in [5.41, 5.74) is 1.89. The van der Waals surface area contributed by atoms with Gasteiger partial charge in [0.15, 0.2) is 11.5 Å². The Morgan fingerprint density at radius 1 is 1.16 bits per heavy atom. The fraction of sp³-hybridized carbons (Fsp3) is 0.375. The van der Waals surface area contributed by atoms with Gasteiger partial charge in [0.2, 0.25) is 17.6 Å². The van der Waals surface area contributed by atoms with Gasteiger partial charge >= 0.3 is 0 Å². The van der Waals surface area contributed by atoms with Crippen molar-refractivity contribution in [1.82, 2.24) is 20.4 Å². The van der Waals surface area contributed by atoms with E-state index in [-0.39, 0.29) is 11.8 Å². The molecule has 4 rings (SSSR count). The smallest absolute Gasteiger partial charge is 0.241 e. The van der Waals surface area contributed by atoms with Crippen LogP contribution in [0.5, 0.6) is 11.5 Å². The number of likely N-dealkylation sites (tertiary alicyclic amines) is 1. The highest BCUT2D eigenvalue weighted by molar-refractivity contribution is 5.79. The van der Waals surface area contributed by atoms with Gasteiger partial charge in [0.25, 0.3) is 0 Å². The molecule has 2 aromatic carbocycles. The molecule has 1 unspecified atom stereocenters. The van der Waals surface area contributed by atoms with Crippen LogP contribution < -0.4 is 14.8 Å². The van der Waals surface area contributed by atoms with Gasteiger partial charge in [-0.2, -0.15) is 4.98 Å². The lowest BCUT2D eigenvalue weighted by molar-refractivity contribution is -0.127. The van der Waals surface area contributed by atoms with Crippen LogP contribution in [0.4, 0.5) is 0 Å². The third-order valence-electron chi connectivity index (χ3n) is 5.65. The topological polar surface area (TPSA) is 89.7 Å². The number of nitrogens with one attached hydrogen (secondary N) is 1. The molecule has 0 radical (unpaired) electrons. The van der Waals surface area contributed by atoms with E-state index in [1.54, 1.807) is 14.2 Å². The van der Waals surface area contributed by atoms with Crippen LogP contribution in [0.2, 0.25) is 0 Å². The van der Waals surface area contributed by atoms with E-state index < -0.39 is 0 Å². The summed E-state index contributed by atoms with van der Waals surface area (Å²) in [6, 6.07) is 15.4. The van der Waals surface area contributed by atoms with E-state index in [2.05, 4.69) is 20.4 Å². The highest BCUT2D eigenvalue weighted by Crippen LogP contribution is 2.31. The van der Waals surface area contributed by atoms with Gasteiger partial charge in [-0.25, -0.2) is 0 Å². The van der Waals surface area contributed by atoms with Crippen molar-refractivity contribution < 1.29 is 18.8 Å². The Balaban J connectivity index is 1.34. The lowest BCUT2D eigenvalue weighted by Crippen LogP contribution is -2.42. The van der Waals surface area contributed by atoms with Crippen LogP contribution in [0, 0.1) is 5.92 Å². The van der Waals surface area contributed by atoms with Gasteiger partial charge in [-0.1, -0.05) is 35.5 Å². The molecule has 1 aliphatic heterocycles. The summed E-state index contributed by atoms with van der Waals surface area (Å²) in [6.45, 7) is 2.64. The van der Waals surface area contributed by atoms with E-state index in [9.17, 15) is 4.79 Å². The molecule has 1 N–H and O–H groups in total. The molecule has 8 nitrogen and oxygen atoms in total. The van der Waals surface area contributed by atoms with Crippen molar-refractivity contribution in [2.75, 3.05) is 27.3 Å². The second-order valence-electron chi connectivity index (χ2n) is 7.86. The van der Waals surface area contributed by atoms with E-state index in [0.29, 0.717) is 42.8 Å². The number of aromatic nitrogens is 2. The number of carbonyl (C=O) groups excluding carboxylic acids is 1. The van der Waals surface area contributed by atoms with Crippen LogP contribution >= 0.6 is 0 Å². The number of carbonyl (C=O) groups is 1. The fourth-order valence-corrected chi connectivity index (χ4v) is 3.95. The lowest BCUT2D eigenvalue weighted by Gasteiger charge is -2.30. The number of ether oxygens (including phenoxy) is 2. The Labute approximate surface area is 187 Å². The van der Waals surface area contributed by atoms with Gasteiger partial charge in [-0.05, 0) is 43.1 Å². The average Bonchev–Trinajstić information content (AvgIpc) is 3.31. The van der Waals surface area contributed by atoms with E-state index in [1.807, 2.05) is 48.5 Å².